The maximum atomic E-state index is 12.7. The highest BCUT2D eigenvalue weighted by Crippen LogP contribution is 2.40. The van der Waals surface area contributed by atoms with E-state index >= 15 is 0 Å². The standard InChI is InChI=1S/C15H9F3N2O/c16-15(17,18)12-1-2-13-10(4-12)5-14(21-13)11-3-9(6-19)7-20-8-11/h1-4,7-8,14H,5H2. The Morgan fingerprint density at radius 1 is 1.24 bits per heavy atom. The van der Waals surface area contributed by atoms with Gasteiger partial charge in [0, 0.05) is 24.4 Å². The molecule has 0 aliphatic carbocycles. The second-order valence-electron chi connectivity index (χ2n) is 4.75. The lowest BCUT2D eigenvalue weighted by atomic mass is 10.0. The van der Waals surface area contributed by atoms with Gasteiger partial charge in [-0.25, -0.2) is 0 Å². The minimum Gasteiger partial charge on any atom is -0.485 e. The van der Waals surface area contributed by atoms with Crippen LogP contribution in [0.3, 0.4) is 0 Å². The summed E-state index contributed by atoms with van der Waals surface area (Å²) >= 11 is 0. The van der Waals surface area contributed by atoms with Crippen LogP contribution >= 0.6 is 0 Å². The van der Waals surface area contributed by atoms with Gasteiger partial charge in [-0.05, 0) is 29.8 Å². The number of hydrogen-bond acceptors (Lipinski definition) is 3. The number of fused-ring (bicyclic) bond motifs is 1. The largest absolute Gasteiger partial charge is 0.485 e. The first kappa shape index (κ1) is 13.4. The molecule has 0 N–H and O–H groups in total. The number of alkyl halides is 3. The van der Waals surface area contributed by atoms with Gasteiger partial charge in [0.15, 0.2) is 0 Å². The van der Waals surface area contributed by atoms with Crippen LogP contribution in [0.25, 0.3) is 0 Å². The maximum absolute atomic E-state index is 12.7. The van der Waals surface area contributed by atoms with E-state index < -0.39 is 17.8 Å². The molecule has 1 aromatic carbocycles. The van der Waals surface area contributed by atoms with E-state index in [1.54, 1.807) is 12.3 Å². The second-order valence-corrected chi connectivity index (χ2v) is 4.75. The molecule has 106 valence electrons. The van der Waals surface area contributed by atoms with Crippen molar-refractivity contribution >= 4 is 0 Å². The van der Waals surface area contributed by atoms with Crippen molar-refractivity contribution in [3.05, 3.63) is 58.9 Å². The zero-order valence-corrected chi connectivity index (χ0v) is 10.7. The Kier molecular flexibility index (Phi) is 3.05. The van der Waals surface area contributed by atoms with Gasteiger partial charge in [0.2, 0.25) is 0 Å². The minimum atomic E-state index is -4.37. The first-order valence-electron chi connectivity index (χ1n) is 6.19. The molecule has 1 unspecified atom stereocenters. The fourth-order valence-electron chi connectivity index (χ4n) is 2.31. The van der Waals surface area contributed by atoms with Crippen molar-refractivity contribution in [2.45, 2.75) is 18.7 Å². The zero-order chi connectivity index (χ0) is 15.0. The average molecular weight is 290 g/mol. The molecule has 0 bridgehead atoms. The monoisotopic (exact) mass is 290 g/mol. The van der Waals surface area contributed by atoms with Crippen LogP contribution < -0.4 is 4.74 Å². The Labute approximate surface area is 118 Å². The third-order valence-corrected chi connectivity index (χ3v) is 3.32. The lowest BCUT2D eigenvalue weighted by molar-refractivity contribution is -0.137. The van der Waals surface area contributed by atoms with E-state index in [4.69, 9.17) is 10.00 Å². The van der Waals surface area contributed by atoms with Gasteiger partial charge in [0.1, 0.15) is 17.9 Å². The number of rotatable bonds is 1. The Morgan fingerprint density at radius 2 is 2.05 bits per heavy atom. The summed E-state index contributed by atoms with van der Waals surface area (Å²) in [5.74, 6) is 0.440. The normalized spacial score (nSPS) is 17.0. The Morgan fingerprint density at radius 3 is 2.76 bits per heavy atom. The number of halogens is 3. The molecule has 1 atom stereocenters. The molecule has 0 amide bonds. The van der Waals surface area contributed by atoms with E-state index in [9.17, 15) is 13.2 Å². The number of benzene rings is 1. The molecule has 1 aliphatic heterocycles. The Bertz CT molecular complexity index is 734. The van der Waals surface area contributed by atoms with Gasteiger partial charge in [-0.15, -0.1) is 0 Å². The minimum absolute atomic E-state index is 0.329. The summed E-state index contributed by atoms with van der Waals surface area (Å²) < 4.78 is 43.7. The van der Waals surface area contributed by atoms with Crippen LogP contribution in [0.1, 0.15) is 28.4 Å². The van der Waals surface area contributed by atoms with Gasteiger partial charge in [-0.2, -0.15) is 18.4 Å². The molecule has 0 saturated heterocycles. The van der Waals surface area contributed by atoms with Crippen molar-refractivity contribution < 1.29 is 17.9 Å². The maximum Gasteiger partial charge on any atom is 0.416 e. The van der Waals surface area contributed by atoms with Gasteiger partial charge in [-0.1, -0.05) is 0 Å². The molecular formula is C15H9F3N2O. The molecule has 0 fully saturated rings. The van der Waals surface area contributed by atoms with Crippen LogP contribution in [0.4, 0.5) is 13.2 Å². The van der Waals surface area contributed by atoms with Crippen LogP contribution in [-0.2, 0) is 12.6 Å². The quantitative estimate of drug-likeness (QED) is 0.805. The van der Waals surface area contributed by atoms with Gasteiger partial charge < -0.3 is 4.74 Å². The predicted molar refractivity (Wildman–Crippen MR) is 67.5 cm³/mol. The van der Waals surface area contributed by atoms with Crippen molar-refractivity contribution in [3.8, 4) is 11.8 Å². The summed E-state index contributed by atoms with van der Waals surface area (Å²) in [4.78, 5) is 3.94. The summed E-state index contributed by atoms with van der Waals surface area (Å²) in [6, 6.07) is 7.05. The van der Waals surface area contributed by atoms with E-state index in [0.717, 1.165) is 12.1 Å². The fraction of sp³-hybridized carbons (Fsp3) is 0.200. The lowest BCUT2D eigenvalue weighted by Gasteiger charge is -2.10. The summed E-state index contributed by atoms with van der Waals surface area (Å²) in [5.41, 5.74) is 0.897. The third kappa shape index (κ3) is 2.55. The molecule has 2 aromatic rings. The number of pyridine rings is 1. The highest BCUT2D eigenvalue weighted by molar-refractivity contribution is 5.43. The van der Waals surface area contributed by atoms with Crippen LogP contribution in [0.5, 0.6) is 5.75 Å². The molecule has 2 heterocycles. The zero-order valence-electron chi connectivity index (χ0n) is 10.7. The number of hydrogen-bond donors (Lipinski definition) is 0. The molecule has 0 saturated carbocycles. The predicted octanol–water partition coefficient (Wildman–Crippen LogP) is 3.65. The highest BCUT2D eigenvalue weighted by atomic mass is 19.4. The third-order valence-electron chi connectivity index (χ3n) is 3.32. The van der Waals surface area contributed by atoms with Crippen molar-refractivity contribution in [2.75, 3.05) is 0 Å². The molecule has 21 heavy (non-hydrogen) atoms. The first-order chi connectivity index (χ1) is 9.97. The molecule has 6 heteroatoms. The smallest absolute Gasteiger partial charge is 0.416 e. The molecular weight excluding hydrogens is 281 g/mol. The molecule has 0 radical (unpaired) electrons. The topological polar surface area (TPSA) is 45.9 Å². The van der Waals surface area contributed by atoms with Crippen LogP contribution in [0.2, 0.25) is 0 Å². The number of ether oxygens (including phenoxy) is 1. The number of aromatic nitrogens is 1. The number of nitrogens with zero attached hydrogens (tertiary/aromatic N) is 2. The van der Waals surface area contributed by atoms with Gasteiger partial charge >= 0.3 is 6.18 Å². The van der Waals surface area contributed by atoms with Crippen molar-refractivity contribution in [3.63, 3.8) is 0 Å². The summed E-state index contributed by atoms with van der Waals surface area (Å²) in [6.45, 7) is 0. The van der Waals surface area contributed by atoms with E-state index in [1.165, 1.54) is 12.3 Å². The fourth-order valence-corrected chi connectivity index (χ4v) is 2.31. The molecule has 1 aliphatic rings. The van der Waals surface area contributed by atoms with E-state index in [0.29, 0.717) is 28.9 Å². The van der Waals surface area contributed by atoms with Crippen molar-refractivity contribution in [2.24, 2.45) is 0 Å². The number of nitriles is 1. The highest BCUT2D eigenvalue weighted by Gasteiger charge is 2.33. The Hall–Kier alpha value is -2.55. The SMILES string of the molecule is N#Cc1cncc(C2Cc3cc(C(F)(F)F)ccc3O2)c1. The summed E-state index contributed by atoms with van der Waals surface area (Å²) in [5, 5.41) is 8.85. The van der Waals surface area contributed by atoms with E-state index in [-0.39, 0.29) is 0 Å². The van der Waals surface area contributed by atoms with Gasteiger partial charge in [0.05, 0.1) is 11.1 Å². The van der Waals surface area contributed by atoms with Crippen molar-refractivity contribution in [1.82, 2.24) is 4.98 Å². The Balaban J connectivity index is 1.89. The molecule has 3 rings (SSSR count). The molecule has 0 spiro atoms. The second kappa shape index (κ2) is 4.77. The summed E-state index contributed by atoms with van der Waals surface area (Å²) in [7, 11) is 0. The van der Waals surface area contributed by atoms with Gasteiger partial charge in [-0.3, -0.25) is 4.98 Å². The van der Waals surface area contributed by atoms with Crippen LogP contribution in [-0.4, -0.2) is 4.98 Å². The van der Waals surface area contributed by atoms with Gasteiger partial charge in [0.25, 0.3) is 0 Å². The molecule has 1 aromatic heterocycles. The average Bonchev–Trinajstić information content (AvgIpc) is 2.89. The first-order valence-corrected chi connectivity index (χ1v) is 6.19. The van der Waals surface area contributed by atoms with Crippen molar-refractivity contribution in [1.29, 1.82) is 5.26 Å². The van der Waals surface area contributed by atoms with E-state index in [2.05, 4.69) is 4.98 Å². The molecule has 3 nitrogen and oxygen atoms in total. The lowest BCUT2D eigenvalue weighted by Crippen LogP contribution is -2.05. The van der Waals surface area contributed by atoms with Crippen LogP contribution in [0.15, 0.2) is 36.7 Å². The van der Waals surface area contributed by atoms with E-state index in [1.807, 2.05) is 6.07 Å². The van der Waals surface area contributed by atoms with Crippen LogP contribution in [0, 0.1) is 11.3 Å². The summed E-state index contributed by atoms with van der Waals surface area (Å²) in [6.07, 6.45) is -1.47.